The Labute approximate surface area is 323 Å². The molecule has 4 heterocycles. The highest BCUT2D eigenvalue weighted by Crippen LogP contribution is 2.44. The second-order valence-electron chi connectivity index (χ2n) is 15.8. The Morgan fingerprint density at radius 3 is 1.45 bits per heavy atom. The molecule has 0 radical (unpaired) electrons. The molecule has 0 atom stereocenters. The summed E-state index contributed by atoms with van der Waals surface area (Å²) in [5, 5.41) is 9.58. The molecule has 260 valence electrons. The molecule has 11 rings (SSSR count). The minimum atomic E-state index is -0.0313. The number of aryl methyl sites for hydroxylation is 4. The maximum Gasteiger partial charge on any atom is 0.248 e. The summed E-state index contributed by atoms with van der Waals surface area (Å²) >= 11 is 0. The molecule has 0 bridgehead atoms. The fourth-order valence-corrected chi connectivity index (χ4v) is 9.95. The van der Waals surface area contributed by atoms with Crippen LogP contribution in [0.25, 0.3) is 0 Å². The first kappa shape index (κ1) is 32.1. The first-order valence-corrected chi connectivity index (χ1v) is 19.3. The van der Waals surface area contributed by atoms with Crippen LogP contribution in [0.2, 0.25) is 0 Å². The molecule has 0 unspecified atom stereocenters. The predicted molar refractivity (Wildman–Crippen MR) is 234 cm³/mol. The van der Waals surface area contributed by atoms with Crippen molar-refractivity contribution >= 4 is 91.8 Å². The van der Waals surface area contributed by atoms with Crippen molar-refractivity contribution in [3.8, 4) is 0 Å². The molecule has 7 aromatic rings. The fraction of sp³-hybridized carbons (Fsp3) is 0.102. The summed E-state index contributed by atoms with van der Waals surface area (Å²) in [6.45, 7) is 8.60. The largest absolute Gasteiger partial charge is 0.311 e. The Hall–Kier alpha value is -6.39. The van der Waals surface area contributed by atoms with E-state index < -0.39 is 0 Å². The van der Waals surface area contributed by atoms with Crippen LogP contribution in [0.5, 0.6) is 0 Å². The van der Waals surface area contributed by atoms with Gasteiger partial charge in [0, 0.05) is 41.2 Å². The monoisotopic (exact) mass is 704 g/mol. The summed E-state index contributed by atoms with van der Waals surface area (Å²) in [5.41, 5.74) is 25.5. The number of rotatable bonds is 2. The van der Waals surface area contributed by atoms with Gasteiger partial charge in [0.15, 0.2) is 0 Å². The first-order valence-electron chi connectivity index (χ1n) is 19.3. The summed E-state index contributed by atoms with van der Waals surface area (Å²) in [4.78, 5) is 9.91. The SMILES string of the molecule is CN=C1c2cc(C)ccc2B2c3cc4c(cc3N(c3ccc(C)cc3)c3cccc1c32)N(c1ccc(C)cc1)c1cccc2c1B4c1ccc(C)cc1C2=N. The molecule has 0 aliphatic carbocycles. The Bertz CT molecular complexity index is 2850. The van der Waals surface area contributed by atoms with Gasteiger partial charge in [-0.3, -0.25) is 10.4 Å². The van der Waals surface area contributed by atoms with Gasteiger partial charge < -0.3 is 9.80 Å². The fourth-order valence-electron chi connectivity index (χ4n) is 9.95. The first-order chi connectivity index (χ1) is 26.8. The lowest BCUT2D eigenvalue weighted by atomic mass is 9.29. The molecule has 4 aliphatic rings. The number of anilines is 6. The molecule has 0 saturated heterocycles. The van der Waals surface area contributed by atoms with Gasteiger partial charge in [0.1, 0.15) is 0 Å². The third-order valence-electron chi connectivity index (χ3n) is 12.4. The van der Waals surface area contributed by atoms with Crippen LogP contribution in [-0.4, -0.2) is 31.9 Å². The normalized spacial score (nSPS) is 14.9. The number of hydrogen-bond acceptors (Lipinski definition) is 4. The standard InChI is InChI=1S/C49H38B2N4/c1-28-12-18-32(19-13-28)54-42-10-6-8-34-46(42)50(38-22-16-30(3)24-36(38)48(34)52)40-26-41-45(27-44(40)54)55(33-20-14-29(2)15-21-33)43-11-7-9-35-47(43)51(41)39-23-17-31(4)25-37(39)49(35)53-5/h6-27,52H,1-5H3. The molecule has 6 heteroatoms. The van der Waals surface area contributed by atoms with Crippen LogP contribution in [0.15, 0.2) is 138 Å². The lowest BCUT2D eigenvalue weighted by molar-refractivity contribution is 1.25. The van der Waals surface area contributed by atoms with Crippen molar-refractivity contribution in [2.75, 3.05) is 16.8 Å². The molecule has 7 aromatic carbocycles. The van der Waals surface area contributed by atoms with Crippen LogP contribution in [-0.2, 0) is 0 Å². The highest BCUT2D eigenvalue weighted by molar-refractivity contribution is 7.03. The van der Waals surface area contributed by atoms with Crippen molar-refractivity contribution in [3.63, 3.8) is 0 Å². The van der Waals surface area contributed by atoms with Crippen molar-refractivity contribution < 1.29 is 0 Å². The molecular formula is C49H38B2N4. The summed E-state index contributed by atoms with van der Waals surface area (Å²) in [6, 6.07) is 49.8. The average Bonchev–Trinajstić information content (AvgIpc) is 3.19. The van der Waals surface area contributed by atoms with Crippen molar-refractivity contribution in [3.05, 3.63) is 178 Å². The van der Waals surface area contributed by atoms with Crippen LogP contribution >= 0.6 is 0 Å². The van der Waals surface area contributed by atoms with Gasteiger partial charge in [-0.25, -0.2) is 0 Å². The Balaban J connectivity index is 1.28. The van der Waals surface area contributed by atoms with E-state index in [2.05, 4.69) is 171 Å². The van der Waals surface area contributed by atoms with E-state index in [0.717, 1.165) is 33.9 Å². The van der Waals surface area contributed by atoms with Crippen LogP contribution < -0.4 is 42.6 Å². The summed E-state index contributed by atoms with van der Waals surface area (Å²) in [6.07, 6.45) is 0. The van der Waals surface area contributed by atoms with Gasteiger partial charge in [-0.2, -0.15) is 0 Å². The number of fused-ring (bicyclic) bond motifs is 8. The van der Waals surface area contributed by atoms with Crippen LogP contribution in [0.4, 0.5) is 34.1 Å². The van der Waals surface area contributed by atoms with Crippen molar-refractivity contribution in [2.24, 2.45) is 4.99 Å². The van der Waals surface area contributed by atoms with Crippen molar-refractivity contribution in [1.29, 1.82) is 5.41 Å². The smallest absolute Gasteiger partial charge is 0.248 e. The lowest BCUT2D eigenvalue weighted by Crippen LogP contribution is -2.66. The van der Waals surface area contributed by atoms with Gasteiger partial charge in [0.2, 0.25) is 13.4 Å². The molecule has 0 saturated carbocycles. The highest BCUT2D eigenvalue weighted by atomic mass is 15.2. The number of nitrogens with zero attached hydrogens (tertiary/aromatic N) is 3. The van der Waals surface area contributed by atoms with Crippen LogP contribution in [0, 0.1) is 33.1 Å². The number of hydrogen-bond donors (Lipinski definition) is 1. The third kappa shape index (κ3) is 4.42. The van der Waals surface area contributed by atoms with E-state index in [1.54, 1.807) is 0 Å². The van der Waals surface area contributed by atoms with Crippen molar-refractivity contribution in [1.82, 2.24) is 0 Å². The van der Waals surface area contributed by atoms with E-state index >= 15 is 0 Å². The minimum Gasteiger partial charge on any atom is -0.311 e. The van der Waals surface area contributed by atoms with Gasteiger partial charge in [0.25, 0.3) is 0 Å². The number of benzene rings is 7. The second kappa shape index (κ2) is 11.6. The minimum absolute atomic E-state index is 0.0122. The molecule has 4 nitrogen and oxygen atoms in total. The maximum atomic E-state index is 9.58. The molecule has 0 aromatic heterocycles. The van der Waals surface area contributed by atoms with Crippen LogP contribution in [0.3, 0.4) is 0 Å². The van der Waals surface area contributed by atoms with Gasteiger partial charge in [-0.15, -0.1) is 0 Å². The van der Waals surface area contributed by atoms with Crippen LogP contribution in [0.1, 0.15) is 44.5 Å². The second-order valence-corrected chi connectivity index (χ2v) is 15.8. The zero-order valence-electron chi connectivity index (χ0n) is 31.7. The zero-order chi connectivity index (χ0) is 37.3. The molecule has 0 spiro atoms. The Morgan fingerprint density at radius 1 is 0.436 bits per heavy atom. The molecular weight excluding hydrogens is 666 g/mol. The predicted octanol–water partition coefficient (Wildman–Crippen LogP) is 7.03. The molecule has 4 aliphatic heterocycles. The van der Waals surface area contributed by atoms with Crippen molar-refractivity contribution in [2.45, 2.75) is 27.7 Å². The summed E-state index contributed by atoms with van der Waals surface area (Å²) < 4.78 is 0. The third-order valence-corrected chi connectivity index (χ3v) is 12.4. The molecule has 1 N–H and O–H groups in total. The number of aliphatic imine (C=N–C) groups is 1. The summed E-state index contributed by atoms with van der Waals surface area (Å²) in [7, 11) is 1.93. The van der Waals surface area contributed by atoms with E-state index in [9.17, 15) is 5.41 Å². The van der Waals surface area contributed by atoms with E-state index in [-0.39, 0.29) is 13.4 Å². The summed E-state index contributed by atoms with van der Waals surface area (Å²) in [5.74, 6) is 0. The molecule has 55 heavy (non-hydrogen) atoms. The Morgan fingerprint density at radius 2 is 0.909 bits per heavy atom. The van der Waals surface area contributed by atoms with Gasteiger partial charge in [-0.1, -0.05) is 124 Å². The Kier molecular flexibility index (Phi) is 6.74. The number of nitrogens with one attached hydrogen (secondary N) is 1. The molecule has 0 amide bonds. The lowest BCUT2D eigenvalue weighted by Gasteiger charge is -2.44. The van der Waals surface area contributed by atoms with E-state index in [0.29, 0.717) is 5.71 Å². The average molecular weight is 704 g/mol. The quantitative estimate of drug-likeness (QED) is 0.197. The topological polar surface area (TPSA) is 42.7 Å². The highest BCUT2D eigenvalue weighted by Gasteiger charge is 2.47. The van der Waals surface area contributed by atoms with E-state index in [4.69, 9.17) is 4.99 Å². The maximum absolute atomic E-state index is 9.58. The van der Waals surface area contributed by atoms with Gasteiger partial charge in [-0.05, 0) is 114 Å². The van der Waals surface area contributed by atoms with E-state index in [1.165, 1.54) is 83.2 Å². The van der Waals surface area contributed by atoms with Gasteiger partial charge >= 0.3 is 0 Å². The van der Waals surface area contributed by atoms with E-state index in [1.807, 2.05) is 7.05 Å². The van der Waals surface area contributed by atoms with Gasteiger partial charge in [0.05, 0.1) is 11.4 Å². The molecule has 0 fully saturated rings. The zero-order valence-corrected chi connectivity index (χ0v) is 31.7.